The van der Waals surface area contributed by atoms with Crippen molar-refractivity contribution in [2.24, 2.45) is 0 Å². The molecule has 0 bridgehead atoms. The van der Waals surface area contributed by atoms with Crippen molar-refractivity contribution in [3.63, 3.8) is 0 Å². The molecule has 1 fully saturated rings. The molecule has 5 nitrogen and oxygen atoms in total. The molecule has 5 rings (SSSR count). The van der Waals surface area contributed by atoms with Crippen LogP contribution in [0.25, 0.3) is 11.4 Å². The average Bonchev–Trinajstić information content (AvgIpc) is 3.33. The lowest BCUT2D eigenvalue weighted by atomic mass is 10.00. The Hall–Kier alpha value is -3.21. The molecule has 0 unspecified atom stereocenters. The predicted octanol–water partition coefficient (Wildman–Crippen LogP) is 3.94. The van der Waals surface area contributed by atoms with E-state index in [0.29, 0.717) is 11.5 Å². The fraction of sp³-hybridized carbons (Fsp3) is 0.292. The van der Waals surface area contributed by atoms with E-state index in [9.17, 15) is 4.79 Å². The van der Waals surface area contributed by atoms with Gasteiger partial charge < -0.3 is 9.80 Å². The number of likely N-dealkylation sites (tertiary alicyclic amines) is 1. The highest BCUT2D eigenvalue weighted by atomic mass is 16.2. The van der Waals surface area contributed by atoms with Crippen LogP contribution in [0.3, 0.4) is 0 Å². The highest BCUT2D eigenvalue weighted by Gasteiger charge is 2.24. The summed E-state index contributed by atoms with van der Waals surface area (Å²) in [7, 11) is 0. The zero-order valence-corrected chi connectivity index (χ0v) is 16.4. The van der Waals surface area contributed by atoms with Gasteiger partial charge in [0, 0.05) is 37.8 Å². The first-order valence-electron chi connectivity index (χ1n) is 10.3. The third-order valence-corrected chi connectivity index (χ3v) is 5.81. The van der Waals surface area contributed by atoms with Crippen LogP contribution in [-0.2, 0) is 13.0 Å². The number of carbonyl (C=O) groups is 1. The Morgan fingerprint density at radius 2 is 1.55 bits per heavy atom. The summed E-state index contributed by atoms with van der Waals surface area (Å²) in [6, 6.07) is 20.4. The van der Waals surface area contributed by atoms with Crippen LogP contribution in [0.5, 0.6) is 0 Å². The zero-order valence-electron chi connectivity index (χ0n) is 16.4. The van der Waals surface area contributed by atoms with E-state index in [1.54, 1.807) is 0 Å². The third kappa shape index (κ3) is 3.60. The van der Waals surface area contributed by atoms with Crippen LogP contribution in [0.2, 0.25) is 0 Å². The number of hydrogen-bond acceptors (Lipinski definition) is 4. The molecule has 2 aliphatic rings. The molecule has 146 valence electrons. The standard InChI is InChI=1S/C24H24N4O/c29-24(27-13-6-7-14-27)21-16-22(26-23(25-21)19-9-2-1-3-10-19)28-15-12-18-8-4-5-11-20(18)17-28/h1-5,8-11,16H,6-7,12-15,17H2. The van der Waals surface area contributed by atoms with Gasteiger partial charge in [0.15, 0.2) is 5.82 Å². The number of nitrogens with zero attached hydrogens (tertiary/aromatic N) is 4. The fourth-order valence-corrected chi connectivity index (χ4v) is 4.20. The summed E-state index contributed by atoms with van der Waals surface area (Å²) in [5, 5.41) is 0. The van der Waals surface area contributed by atoms with E-state index < -0.39 is 0 Å². The van der Waals surface area contributed by atoms with E-state index in [4.69, 9.17) is 4.98 Å². The monoisotopic (exact) mass is 384 g/mol. The Morgan fingerprint density at radius 3 is 2.34 bits per heavy atom. The largest absolute Gasteiger partial charge is 0.352 e. The number of amides is 1. The maximum Gasteiger partial charge on any atom is 0.272 e. The summed E-state index contributed by atoms with van der Waals surface area (Å²) in [5.74, 6) is 1.46. The minimum Gasteiger partial charge on any atom is -0.352 e. The molecule has 0 N–H and O–H groups in total. The average molecular weight is 384 g/mol. The van der Waals surface area contributed by atoms with Gasteiger partial charge in [0.2, 0.25) is 0 Å². The van der Waals surface area contributed by atoms with Crippen molar-refractivity contribution in [2.45, 2.75) is 25.8 Å². The van der Waals surface area contributed by atoms with Crippen molar-refractivity contribution in [1.82, 2.24) is 14.9 Å². The van der Waals surface area contributed by atoms with Crippen LogP contribution in [0.1, 0.15) is 34.5 Å². The Balaban J connectivity index is 1.54. The highest BCUT2D eigenvalue weighted by Crippen LogP contribution is 2.26. The Morgan fingerprint density at radius 1 is 0.828 bits per heavy atom. The molecule has 0 spiro atoms. The minimum absolute atomic E-state index is 0.0146. The molecule has 2 aliphatic heterocycles. The van der Waals surface area contributed by atoms with E-state index in [2.05, 4.69) is 34.1 Å². The third-order valence-electron chi connectivity index (χ3n) is 5.81. The van der Waals surface area contributed by atoms with Crippen LogP contribution in [0.15, 0.2) is 60.7 Å². The molecule has 5 heteroatoms. The quantitative estimate of drug-likeness (QED) is 0.686. The smallest absolute Gasteiger partial charge is 0.272 e. The summed E-state index contributed by atoms with van der Waals surface area (Å²) in [6.07, 6.45) is 3.12. The molecule has 0 aliphatic carbocycles. The number of benzene rings is 2. The van der Waals surface area contributed by atoms with E-state index in [0.717, 1.165) is 56.8 Å². The maximum absolute atomic E-state index is 13.1. The molecule has 2 aromatic carbocycles. The van der Waals surface area contributed by atoms with Crippen LogP contribution in [0, 0.1) is 0 Å². The lowest BCUT2D eigenvalue weighted by Gasteiger charge is -2.30. The molecule has 1 amide bonds. The van der Waals surface area contributed by atoms with Crippen molar-refractivity contribution >= 4 is 11.7 Å². The van der Waals surface area contributed by atoms with E-state index >= 15 is 0 Å². The predicted molar refractivity (Wildman–Crippen MR) is 114 cm³/mol. The van der Waals surface area contributed by atoms with Gasteiger partial charge in [0.25, 0.3) is 5.91 Å². The van der Waals surface area contributed by atoms with Gasteiger partial charge in [-0.3, -0.25) is 4.79 Å². The van der Waals surface area contributed by atoms with E-state index in [-0.39, 0.29) is 5.91 Å². The molecule has 3 heterocycles. The van der Waals surface area contributed by atoms with Crippen molar-refractivity contribution < 1.29 is 4.79 Å². The van der Waals surface area contributed by atoms with Crippen molar-refractivity contribution in [1.29, 1.82) is 0 Å². The lowest BCUT2D eigenvalue weighted by molar-refractivity contribution is 0.0787. The number of aromatic nitrogens is 2. The molecular weight excluding hydrogens is 360 g/mol. The normalized spacial score (nSPS) is 16.0. The van der Waals surface area contributed by atoms with Gasteiger partial charge in [-0.25, -0.2) is 9.97 Å². The maximum atomic E-state index is 13.1. The van der Waals surface area contributed by atoms with Crippen LogP contribution >= 0.6 is 0 Å². The number of carbonyl (C=O) groups excluding carboxylic acids is 1. The second-order valence-electron chi connectivity index (χ2n) is 7.74. The molecule has 0 saturated carbocycles. The number of hydrogen-bond donors (Lipinski definition) is 0. The van der Waals surface area contributed by atoms with Gasteiger partial charge in [-0.2, -0.15) is 0 Å². The topological polar surface area (TPSA) is 49.3 Å². The second kappa shape index (κ2) is 7.66. The minimum atomic E-state index is 0.0146. The van der Waals surface area contributed by atoms with Crippen LogP contribution in [0.4, 0.5) is 5.82 Å². The SMILES string of the molecule is O=C(c1cc(N2CCc3ccccc3C2)nc(-c2ccccc2)n1)N1CCCC1. The van der Waals surface area contributed by atoms with Gasteiger partial charge in [0.1, 0.15) is 11.5 Å². The number of fused-ring (bicyclic) bond motifs is 1. The van der Waals surface area contributed by atoms with Gasteiger partial charge in [0.05, 0.1) is 0 Å². The molecule has 3 aromatic rings. The summed E-state index contributed by atoms with van der Waals surface area (Å²) in [6.45, 7) is 3.32. The van der Waals surface area contributed by atoms with Gasteiger partial charge in [-0.1, -0.05) is 54.6 Å². The van der Waals surface area contributed by atoms with Crippen molar-refractivity contribution in [3.8, 4) is 11.4 Å². The molecule has 1 aromatic heterocycles. The molecule has 1 saturated heterocycles. The summed E-state index contributed by atoms with van der Waals surface area (Å²) in [4.78, 5) is 26.8. The van der Waals surface area contributed by atoms with Gasteiger partial charge >= 0.3 is 0 Å². The molecule has 29 heavy (non-hydrogen) atoms. The molecule has 0 atom stereocenters. The fourth-order valence-electron chi connectivity index (χ4n) is 4.20. The van der Waals surface area contributed by atoms with E-state index in [1.165, 1.54) is 11.1 Å². The first kappa shape index (κ1) is 17.9. The van der Waals surface area contributed by atoms with Crippen molar-refractivity contribution in [2.75, 3.05) is 24.5 Å². The van der Waals surface area contributed by atoms with Crippen LogP contribution < -0.4 is 4.90 Å². The Bertz CT molecular complexity index is 1030. The molecule has 0 radical (unpaired) electrons. The number of anilines is 1. The van der Waals surface area contributed by atoms with Crippen LogP contribution in [-0.4, -0.2) is 40.4 Å². The summed E-state index contributed by atoms with van der Waals surface area (Å²) in [5.41, 5.74) is 4.15. The van der Waals surface area contributed by atoms with Gasteiger partial charge in [-0.15, -0.1) is 0 Å². The van der Waals surface area contributed by atoms with E-state index in [1.807, 2.05) is 41.3 Å². The first-order chi connectivity index (χ1) is 14.3. The second-order valence-corrected chi connectivity index (χ2v) is 7.74. The number of rotatable bonds is 3. The Labute approximate surface area is 171 Å². The van der Waals surface area contributed by atoms with Gasteiger partial charge in [-0.05, 0) is 30.4 Å². The molecular formula is C24H24N4O. The summed E-state index contributed by atoms with van der Waals surface area (Å²) < 4.78 is 0. The van der Waals surface area contributed by atoms with Crippen molar-refractivity contribution in [3.05, 3.63) is 77.5 Å². The Kier molecular flexibility index (Phi) is 4.72. The lowest BCUT2D eigenvalue weighted by Crippen LogP contribution is -2.32. The first-order valence-corrected chi connectivity index (χ1v) is 10.3. The summed E-state index contributed by atoms with van der Waals surface area (Å²) >= 11 is 0. The highest BCUT2D eigenvalue weighted by molar-refractivity contribution is 5.93. The zero-order chi connectivity index (χ0) is 19.6.